The summed E-state index contributed by atoms with van der Waals surface area (Å²) in [5, 5.41) is 4.31. The van der Waals surface area contributed by atoms with Crippen LogP contribution in [-0.4, -0.2) is 39.3 Å². The van der Waals surface area contributed by atoms with Crippen molar-refractivity contribution in [3.05, 3.63) is 48.5 Å². The van der Waals surface area contributed by atoms with Gasteiger partial charge in [-0.25, -0.2) is 9.67 Å². The Labute approximate surface area is 126 Å². The number of likely N-dealkylation sites (tertiary alicyclic amines) is 1. The highest BCUT2D eigenvalue weighted by Gasteiger charge is 2.23. The SMILES string of the molecule is CC[C@@H](CN1CCC[C@H](n2cncn2)C1)c1ccccc1. The summed E-state index contributed by atoms with van der Waals surface area (Å²) in [6.45, 7) is 5.73. The van der Waals surface area contributed by atoms with Crippen molar-refractivity contribution in [2.75, 3.05) is 19.6 Å². The maximum Gasteiger partial charge on any atom is 0.137 e. The quantitative estimate of drug-likeness (QED) is 0.846. The molecule has 3 rings (SSSR count). The second kappa shape index (κ2) is 6.85. The number of nitrogens with zero attached hydrogens (tertiary/aromatic N) is 4. The second-order valence-corrected chi connectivity index (χ2v) is 5.95. The van der Waals surface area contributed by atoms with Gasteiger partial charge in [0.2, 0.25) is 0 Å². The molecule has 2 atom stereocenters. The van der Waals surface area contributed by atoms with E-state index in [2.05, 4.69) is 52.2 Å². The lowest BCUT2D eigenvalue weighted by Crippen LogP contribution is -2.39. The lowest BCUT2D eigenvalue weighted by molar-refractivity contribution is 0.160. The van der Waals surface area contributed by atoms with Crippen LogP contribution in [0.5, 0.6) is 0 Å². The zero-order valence-corrected chi connectivity index (χ0v) is 12.7. The normalized spacial score (nSPS) is 21.3. The van der Waals surface area contributed by atoms with Crippen molar-refractivity contribution < 1.29 is 0 Å². The molecule has 112 valence electrons. The minimum absolute atomic E-state index is 0.481. The third-order valence-electron chi connectivity index (χ3n) is 4.53. The van der Waals surface area contributed by atoms with Gasteiger partial charge >= 0.3 is 0 Å². The molecular weight excluding hydrogens is 260 g/mol. The summed E-state index contributed by atoms with van der Waals surface area (Å²) in [4.78, 5) is 6.67. The number of benzene rings is 1. The molecule has 0 saturated carbocycles. The Morgan fingerprint density at radius 1 is 1.29 bits per heavy atom. The molecular formula is C17H24N4. The molecule has 0 amide bonds. The predicted octanol–water partition coefficient (Wildman–Crippen LogP) is 3.11. The smallest absolute Gasteiger partial charge is 0.137 e. The molecule has 4 heteroatoms. The fourth-order valence-electron chi connectivity index (χ4n) is 3.33. The zero-order valence-electron chi connectivity index (χ0n) is 12.7. The lowest BCUT2D eigenvalue weighted by atomic mass is 9.94. The van der Waals surface area contributed by atoms with Gasteiger partial charge < -0.3 is 4.90 Å². The third-order valence-corrected chi connectivity index (χ3v) is 4.53. The Morgan fingerprint density at radius 3 is 2.86 bits per heavy atom. The van der Waals surface area contributed by atoms with Crippen molar-refractivity contribution in [3.63, 3.8) is 0 Å². The minimum atomic E-state index is 0.481. The van der Waals surface area contributed by atoms with Crippen LogP contribution in [0.15, 0.2) is 43.0 Å². The molecule has 4 nitrogen and oxygen atoms in total. The Morgan fingerprint density at radius 2 is 2.14 bits per heavy atom. The van der Waals surface area contributed by atoms with E-state index in [0.717, 1.165) is 13.1 Å². The number of aromatic nitrogens is 3. The first-order valence-electron chi connectivity index (χ1n) is 7.98. The number of hydrogen-bond donors (Lipinski definition) is 0. The van der Waals surface area contributed by atoms with Crippen molar-refractivity contribution in [1.82, 2.24) is 19.7 Å². The van der Waals surface area contributed by atoms with E-state index < -0.39 is 0 Å². The third kappa shape index (κ3) is 3.50. The van der Waals surface area contributed by atoms with E-state index in [9.17, 15) is 0 Å². The second-order valence-electron chi connectivity index (χ2n) is 5.95. The van der Waals surface area contributed by atoms with Gasteiger partial charge in [-0.15, -0.1) is 0 Å². The van der Waals surface area contributed by atoms with Gasteiger partial charge in [-0.2, -0.15) is 5.10 Å². The summed E-state index contributed by atoms with van der Waals surface area (Å²) in [6, 6.07) is 11.4. The van der Waals surface area contributed by atoms with Gasteiger partial charge in [-0.05, 0) is 37.3 Å². The Hall–Kier alpha value is -1.68. The fraction of sp³-hybridized carbons (Fsp3) is 0.529. The van der Waals surface area contributed by atoms with Gasteiger partial charge in [0, 0.05) is 13.1 Å². The molecule has 1 fully saturated rings. The molecule has 1 aliphatic rings. The first-order valence-corrected chi connectivity index (χ1v) is 7.98. The highest BCUT2D eigenvalue weighted by molar-refractivity contribution is 5.19. The van der Waals surface area contributed by atoms with Crippen molar-refractivity contribution in [2.24, 2.45) is 0 Å². The van der Waals surface area contributed by atoms with Crippen LogP contribution in [0.2, 0.25) is 0 Å². The van der Waals surface area contributed by atoms with Crippen LogP contribution in [0.4, 0.5) is 0 Å². The number of hydrogen-bond acceptors (Lipinski definition) is 3. The molecule has 2 heterocycles. The first-order chi connectivity index (χ1) is 10.4. The summed E-state index contributed by atoms with van der Waals surface area (Å²) in [7, 11) is 0. The molecule has 0 unspecified atom stereocenters. The van der Waals surface area contributed by atoms with Crippen LogP contribution >= 0.6 is 0 Å². The molecule has 1 saturated heterocycles. The summed E-state index contributed by atoms with van der Waals surface area (Å²) < 4.78 is 2.02. The number of rotatable bonds is 5. The van der Waals surface area contributed by atoms with E-state index in [1.165, 1.54) is 31.4 Å². The minimum Gasteiger partial charge on any atom is -0.301 e. The van der Waals surface area contributed by atoms with Crippen LogP contribution in [0.1, 0.15) is 43.7 Å². The monoisotopic (exact) mass is 284 g/mol. The van der Waals surface area contributed by atoms with Crippen LogP contribution in [0, 0.1) is 0 Å². The van der Waals surface area contributed by atoms with Crippen LogP contribution in [-0.2, 0) is 0 Å². The number of piperidine rings is 1. The van der Waals surface area contributed by atoms with Gasteiger partial charge in [0.1, 0.15) is 12.7 Å². The van der Waals surface area contributed by atoms with Gasteiger partial charge in [0.25, 0.3) is 0 Å². The molecule has 2 aromatic rings. The van der Waals surface area contributed by atoms with Crippen molar-refractivity contribution in [3.8, 4) is 0 Å². The molecule has 0 radical (unpaired) electrons. The highest BCUT2D eigenvalue weighted by Crippen LogP contribution is 2.25. The van der Waals surface area contributed by atoms with Crippen LogP contribution in [0.3, 0.4) is 0 Å². The van der Waals surface area contributed by atoms with Gasteiger partial charge in [-0.1, -0.05) is 37.3 Å². The topological polar surface area (TPSA) is 34.0 Å². The van der Waals surface area contributed by atoms with Crippen LogP contribution < -0.4 is 0 Å². The Kier molecular flexibility index (Phi) is 4.65. The van der Waals surface area contributed by atoms with E-state index in [4.69, 9.17) is 0 Å². The van der Waals surface area contributed by atoms with Crippen molar-refractivity contribution >= 4 is 0 Å². The average Bonchev–Trinajstić information content (AvgIpc) is 3.08. The summed E-state index contributed by atoms with van der Waals surface area (Å²) >= 11 is 0. The highest BCUT2D eigenvalue weighted by atomic mass is 15.3. The summed E-state index contributed by atoms with van der Waals surface area (Å²) in [5.74, 6) is 0.626. The Balaban J connectivity index is 1.63. The first kappa shape index (κ1) is 14.3. The van der Waals surface area contributed by atoms with Gasteiger partial charge in [-0.3, -0.25) is 0 Å². The zero-order chi connectivity index (χ0) is 14.5. The van der Waals surface area contributed by atoms with Gasteiger partial charge in [0.15, 0.2) is 0 Å². The molecule has 21 heavy (non-hydrogen) atoms. The standard InChI is InChI=1S/C17H24N4/c1-2-15(16-7-4-3-5-8-16)11-20-10-6-9-17(12-20)21-14-18-13-19-21/h3-5,7-8,13-15,17H,2,6,9-12H2,1H3/t15-,17-/m0/s1. The lowest BCUT2D eigenvalue weighted by Gasteiger charge is -2.34. The molecule has 0 N–H and O–H groups in total. The maximum absolute atomic E-state index is 4.31. The van der Waals surface area contributed by atoms with E-state index in [0.29, 0.717) is 12.0 Å². The predicted molar refractivity (Wildman–Crippen MR) is 84.2 cm³/mol. The summed E-state index contributed by atoms with van der Waals surface area (Å²) in [6.07, 6.45) is 7.13. The maximum atomic E-state index is 4.31. The molecule has 1 aliphatic heterocycles. The molecule has 0 aliphatic carbocycles. The van der Waals surface area contributed by atoms with Crippen LogP contribution in [0.25, 0.3) is 0 Å². The summed E-state index contributed by atoms with van der Waals surface area (Å²) in [5.41, 5.74) is 1.46. The largest absolute Gasteiger partial charge is 0.301 e. The van der Waals surface area contributed by atoms with E-state index in [-0.39, 0.29) is 0 Å². The molecule has 0 bridgehead atoms. The average molecular weight is 284 g/mol. The van der Waals surface area contributed by atoms with E-state index in [1.54, 1.807) is 6.33 Å². The molecule has 1 aromatic carbocycles. The molecule has 1 aromatic heterocycles. The van der Waals surface area contributed by atoms with Gasteiger partial charge in [0.05, 0.1) is 6.04 Å². The fourth-order valence-corrected chi connectivity index (χ4v) is 3.33. The van der Waals surface area contributed by atoms with E-state index >= 15 is 0 Å². The Bertz CT molecular complexity index is 523. The van der Waals surface area contributed by atoms with Crippen molar-refractivity contribution in [1.29, 1.82) is 0 Å². The van der Waals surface area contributed by atoms with E-state index in [1.807, 2.05) is 11.0 Å². The molecule has 0 spiro atoms. The van der Waals surface area contributed by atoms with Crippen molar-refractivity contribution in [2.45, 2.75) is 38.1 Å².